The third-order valence-electron chi connectivity index (χ3n) is 3.50. The summed E-state index contributed by atoms with van der Waals surface area (Å²) >= 11 is 0. The molecule has 0 saturated carbocycles. The minimum atomic E-state index is -2.84. The molecule has 0 radical (unpaired) electrons. The minimum absolute atomic E-state index is 0.0448. The number of rotatable bonds is 4. The van der Waals surface area contributed by atoms with Gasteiger partial charge in [0, 0.05) is 22.6 Å². The van der Waals surface area contributed by atoms with Crippen LogP contribution < -0.4 is 19.5 Å². The summed E-state index contributed by atoms with van der Waals surface area (Å²) in [6.45, 7) is -6.09. The molecule has 2 heterocycles. The van der Waals surface area contributed by atoms with Gasteiger partial charge in [-0.25, -0.2) is 4.39 Å². The van der Waals surface area contributed by atoms with Gasteiger partial charge in [-0.2, -0.15) is 0 Å². The van der Waals surface area contributed by atoms with E-state index >= 15 is 0 Å². The molecule has 0 aromatic heterocycles. The number of nitrogens with one attached hydrogen (secondary N) is 1. The Morgan fingerprint density at radius 3 is 3.04 bits per heavy atom. The molecule has 0 aliphatic carbocycles. The zero-order valence-electron chi connectivity index (χ0n) is 23.3. The van der Waals surface area contributed by atoms with E-state index in [1.54, 1.807) is 0 Å². The van der Waals surface area contributed by atoms with E-state index in [4.69, 9.17) is 29.3 Å². The first-order chi connectivity index (χ1) is 16.0. The van der Waals surface area contributed by atoms with Crippen molar-refractivity contribution in [2.24, 2.45) is 5.92 Å². The number of fused-ring (bicyclic) bond motifs is 1. The van der Waals surface area contributed by atoms with Crippen LogP contribution in [0.3, 0.4) is 0 Å². The number of ether oxygens (including phenoxy) is 3. The summed E-state index contributed by atoms with van der Waals surface area (Å²) in [6, 6.07) is -0.446. The second-order valence-corrected chi connectivity index (χ2v) is 5.08. The fourth-order valence-corrected chi connectivity index (χ4v) is 2.36. The maximum Gasteiger partial charge on any atom is 0.231 e. The first kappa shape index (κ1) is 7.31. The summed E-state index contributed by atoms with van der Waals surface area (Å²) in [5, 5.41) is 2.67. The van der Waals surface area contributed by atoms with Crippen LogP contribution >= 0.6 is 0 Å². The molecule has 0 bridgehead atoms. The molecule has 5 heteroatoms. The highest BCUT2D eigenvalue weighted by atomic mass is 19.1. The molecule has 126 valence electrons. The smallest absolute Gasteiger partial charge is 0.231 e. The highest BCUT2D eigenvalue weighted by Crippen LogP contribution is 2.36. The fourth-order valence-electron chi connectivity index (χ4n) is 2.36. The first-order valence-corrected chi connectivity index (χ1v) is 7.20. The topological polar surface area (TPSA) is 39.7 Å². The molecule has 4 rings (SSSR count). The summed E-state index contributed by atoms with van der Waals surface area (Å²) in [4.78, 5) is 0. The molecule has 2 atom stereocenters. The molecule has 2 aromatic rings. The van der Waals surface area contributed by atoms with E-state index in [-0.39, 0.29) is 23.8 Å². The fraction of sp³-hybridized carbons (Fsp3) is 0.368. The zero-order valence-corrected chi connectivity index (χ0v) is 12.3. The van der Waals surface area contributed by atoms with Crippen molar-refractivity contribution in [3.63, 3.8) is 0 Å². The van der Waals surface area contributed by atoms with E-state index in [2.05, 4.69) is 5.32 Å². The predicted octanol–water partition coefficient (Wildman–Crippen LogP) is 3.33. The minimum Gasteiger partial charge on any atom is -0.493 e. The van der Waals surface area contributed by atoms with E-state index in [1.807, 2.05) is 0 Å². The summed E-state index contributed by atoms with van der Waals surface area (Å²) in [7, 11) is 0. The Morgan fingerprint density at radius 1 is 1.33 bits per heavy atom. The largest absolute Gasteiger partial charge is 0.493 e. The molecule has 2 aliphatic heterocycles. The van der Waals surface area contributed by atoms with Crippen LogP contribution in [-0.4, -0.2) is 26.4 Å². The van der Waals surface area contributed by atoms with E-state index in [0.29, 0.717) is 0 Å². The van der Waals surface area contributed by atoms with E-state index in [9.17, 15) is 4.39 Å². The lowest BCUT2D eigenvalue weighted by atomic mass is 9.81. The van der Waals surface area contributed by atoms with Gasteiger partial charge in [0.25, 0.3) is 0 Å². The van der Waals surface area contributed by atoms with Crippen molar-refractivity contribution in [2.75, 3.05) is 26.4 Å². The van der Waals surface area contributed by atoms with Gasteiger partial charge in [-0.1, -0.05) is 12.1 Å². The second-order valence-electron chi connectivity index (χ2n) is 5.08. The van der Waals surface area contributed by atoms with Crippen LogP contribution in [0, 0.1) is 11.7 Å². The van der Waals surface area contributed by atoms with Gasteiger partial charge in [0.15, 0.2) is 11.5 Å². The Hall–Kier alpha value is -2.27. The Labute approximate surface area is 156 Å². The Morgan fingerprint density at radius 2 is 2.17 bits per heavy atom. The normalized spacial score (nSPS) is 36.9. The summed E-state index contributed by atoms with van der Waals surface area (Å²) in [5.41, 5.74) is -0.781. The zero-order chi connectivity index (χ0) is 26.1. The van der Waals surface area contributed by atoms with Crippen molar-refractivity contribution >= 4 is 0 Å². The van der Waals surface area contributed by atoms with Crippen molar-refractivity contribution in [1.82, 2.24) is 5.32 Å². The molecule has 1 saturated heterocycles. The lowest BCUT2D eigenvalue weighted by molar-refractivity contribution is 0.173. The molecular weight excluding hydrogens is 309 g/mol. The average Bonchev–Trinajstić information content (AvgIpc) is 3.05. The van der Waals surface area contributed by atoms with Crippen molar-refractivity contribution in [1.29, 1.82) is 0 Å². The number of piperidine rings is 1. The maximum absolute atomic E-state index is 14.2. The van der Waals surface area contributed by atoms with E-state index < -0.39 is 73.6 Å². The predicted molar refractivity (Wildman–Crippen MR) is 88.2 cm³/mol. The number of benzene rings is 2. The van der Waals surface area contributed by atoms with Gasteiger partial charge < -0.3 is 19.5 Å². The van der Waals surface area contributed by atoms with Crippen molar-refractivity contribution in [2.45, 2.75) is 12.3 Å². The number of halogens is 1. The first-order valence-electron chi connectivity index (χ1n) is 12.7. The van der Waals surface area contributed by atoms with Gasteiger partial charge in [0.05, 0.1) is 14.8 Å². The third-order valence-corrected chi connectivity index (χ3v) is 3.50. The van der Waals surface area contributed by atoms with Crippen LogP contribution in [0.25, 0.3) is 0 Å². The molecular formula is C19H20FNO3. The molecule has 24 heavy (non-hydrogen) atoms. The molecule has 1 unspecified atom stereocenters. The Bertz CT molecular complexity index is 1170. The molecule has 0 amide bonds. The van der Waals surface area contributed by atoms with Gasteiger partial charge in [0.2, 0.25) is 6.75 Å². The van der Waals surface area contributed by atoms with Crippen LogP contribution in [0.2, 0.25) is 0 Å². The maximum atomic E-state index is 14.2. The van der Waals surface area contributed by atoms with Gasteiger partial charge >= 0.3 is 0 Å². The van der Waals surface area contributed by atoms with Crippen LogP contribution in [0.4, 0.5) is 4.39 Å². The van der Waals surface area contributed by atoms with Gasteiger partial charge in [-0.3, -0.25) is 0 Å². The van der Waals surface area contributed by atoms with E-state index in [1.165, 1.54) is 12.1 Å². The lowest BCUT2D eigenvalue weighted by Gasteiger charge is -2.32. The highest BCUT2D eigenvalue weighted by molar-refractivity contribution is 5.46. The number of hydrogen-bond donors (Lipinski definition) is 1. The second kappa shape index (κ2) is 6.69. The van der Waals surface area contributed by atoms with Gasteiger partial charge in [0.1, 0.15) is 14.3 Å². The lowest BCUT2D eigenvalue weighted by Crippen LogP contribution is -2.38. The Kier molecular flexibility index (Phi) is 2.04. The van der Waals surface area contributed by atoms with Crippen LogP contribution in [0.15, 0.2) is 42.4 Å². The average molecular weight is 340 g/mol. The van der Waals surface area contributed by atoms with Crippen LogP contribution in [0.1, 0.15) is 32.9 Å². The molecule has 2 aromatic carbocycles. The van der Waals surface area contributed by atoms with Crippen LogP contribution in [-0.2, 0) is 0 Å². The van der Waals surface area contributed by atoms with Crippen molar-refractivity contribution in [3.8, 4) is 17.2 Å². The van der Waals surface area contributed by atoms with Gasteiger partial charge in [-0.05, 0) is 48.6 Å². The summed E-state index contributed by atoms with van der Waals surface area (Å²) < 4.78 is 120. The molecule has 2 aliphatic rings. The van der Waals surface area contributed by atoms with E-state index in [0.717, 1.165) is 6.07 Å². The summed E-state index contributed by atoms with van der Waals surface area (Å²) in [6.07, 6.45) is -2.63. The molecule has 4 nitrogen and oxygen atoms in total. The van der Waals surface area contributed by atoms with Crippen molar-refractivity contribution < 1.29 is 33.7 Å². The standard InChI is InChI=1S/C19H20FNO3/c20-15-3-1-13(2-4-15)17-7-8-21-10-14(17)11-22-16-5-6-18-19(9-16)24-12-23-18/h1-6,9,14,17,21H,7-8,10-12H2/t14?,17-/m0/s1/i1D,2D,3D,4D,7D2,11D2,12D2,17D. The third kappa shape index (κ3) is 3.17. The molecule has 1 N–H and O–H groups in total. The summed E-state index contributed by atoms with van der Waals surface area (Å²) in [5.74, 6) is -6.13. The van der Waals surface area contributed by atoms with Crippen molar-refractivity contribution in [3.05, 3.63) is 53.7 Å². The van der Waals surface area contributed by atoms with Crippen LogP contribution in [0.5, 0.6) is 17.2 Å². The quantitative estimate of drug-likeness (QED) is 0.927. The Balaban J connectivity index is 1.80. The molecule has 1 fully saturated rings. The molecule has 0 spiro atoms. The highest BCUT2D eigenvalue weighted by Gasteiger charge is 2.27. The SMILES string of the molecule is [2H]c1c([2H])c([C@@]2([2H])C(C([2H])([2H])Oc3ccc4c(c3)OC([2H])([2H])O4)CNCC2([2H])[2H])c([2H])c([2H])c1F. The number of hydrogen-bond acceptors (Lipinski definition) is 4. The monoisotopic (exact) mass is 340 g/mol. The van der Waals surface area contributed by atoms with Gasteiger partial charge in [-0.15, -0.1) is 0 Å².